The van der Waals surface area contributed by atoms with E-state index in [9.17, 15) is 9.18 Å². The third kappa shape index (κ3) is 5.09. The average Bonchev–Trinajstić information content (AvgIpc) is 3.37. The van der Waals surface area contributed by atoms with Crippen LogP contribution in [0.15, 0.2) is 53.3 Å². The third-order valence-electron chi connectivity index (χ3n) is 7.40. The number of aromatic amines is 1. The van der Waals surface area contributed by atoms with Crippen LogP contribution in [0.4, 0.5) is 4.39 Å². The van der Waals surface area contributed by atoms with Crippen molar-refractivity contribution >= 4 is 10.9 Å². The minimum absolute atomic E-state index is 0.0948. The molecular formula is C28H33FN6O. The van der Waals surface area contributed by atoms with Crippen molar-refractivity contribution in [1.82, 2.24) is 30.1 Å². The Morgan fingerprint density at radius 3 is 2.64 bits per heavy atom. The van der Waals surface area contributed by atoms with Gasteiger partial charge in [-0.25, -0.2) is 9.07 Å². The maximum Gasteiger partial charge on any atom is 0.252 e. The summed E-state index contributed by atoms with van der Waals surface area (Å²) >= 11 is 0. The van der Waals surface area contributed by atoms with Crippen LogP contribution in [0.1, 0.15) is 80.0 Å². The highest BCUT2D eigenvalue weighted by Crippen LogP contribution is 2.32. The first-order valence-electron chi connectivity index (χ1n) is 12.9. The second-order valence-electron chi connectivity index (χ2n) is 9.89. The topological polar surface area (TPSA) is 79.7 Å². The Hall–Kier alpha value is -3.39. The lowest BCUT2D eigenvalue weighted by Gasteiger charge is -2.32. The molecule has 7 nitrogen and oxygen atoms in total. The second kappa shape index (κ2) is 10.7. The van der Waals surface area contributed by atoms with Gasteiger partial charge in [-0.1, -0.05) is 56.5 Å². The Labute approximate surface area is 210 Å². The summed E-state index contributed by atoms with van der Waals surface area (Å²) in [6, 6.07) is 14.8. The van der Waals surface area contributed by atoms with Gasteiger partial charge >= 0.3 is 0 Å². The van der Waals surface area contributed by atoms with E-state index in [-0.39, 0.29) is 17.4 Å². The van der Waals surface area contributed by atoms with Crippen molar-refractivity contribution in [2.75, 3.05) is 0 Å². The van der Waals surface area contributed by atoms with E-state index in [0.29, 0.717) is 24.7 Å². The number of benzene rings is 2. The molecule has 0 amide bonds. The van der Waals surface area contributed by atoms with Gasteiger partial charge in [0.05, 0.1) is 17.6 Å². The summed E-state index contributed by atoms with van der Waals surface area (Å²) < 4.78 is 15.6. The van der Waals surface area contributed by atoms with E-state index in [1.54, 1.807) is 12.1 Å². The van der Waals surface area contributed by atoms with Gasteiger partial charge in [0.25, 0.3) is 5.56 Å². The molecule has 1 atom stereocenters. The second-order valence-corrected chi connectivity index (χ2v) is 9.89. The third-order valence-corrected chi connectivity index (χ3v) is 7.40. The summed E-state index contributed by atoms with van der Waals surface area (Å²) in [6.07, 6.45) is 6.56. The molecule has 2 aromatic carbocycles. The molecule has 1 fully saturated rings. The van der Waals surface area contributed by atoms with Crippen molar-refractivity contribution < 1.29 is 4.39 Å². The van der Waals surface area contributed by atoms with Gasteiger partial charge in [-0.3, -0.25) is 9.69 Å². The van der Waals surface area contributed by atoms with Crippen LogP contribution in [-0.2, 0) is 13.1 Å². The number of aromatic nitrogens is 5. The largest absolute Gasteiger partial charge is 0.321 e. The van der Waals surface area contributed by atoms with E-state index in [1.165, 1.54) is 31.4 Å². The van der Waals surface area contributed by atoms with Crippen molar-refractivity contribution in [1.29, 1.82) is 0 Å². The Bertz CT molecular complexity index is 1370. The Kier molecular flexibility index (Phi) is 7.23. The summed E-state index contributed by atoms with van der Waals surface area (Å²) in [5.41, 5.74) is 3.47. The molecular weight excluding hydrogens is 455 g/mol. The monoisotopic (exact) mass is 488 g/mol. The first kappa shape index (κ1) is 24.3. The molecule has 0 unspecified atom stereocenters. The molecule has 2 aromatic heterocycles. The molecule has 8 heteroatoms. The molecule has 5 rings (SSSR count). The predicted octanol–water partition coefficient (Wildman–Crippen LogP) is 5.62. The molecule has 0 aliphatic heterocycles. The van der Waals surface area contributed by atoms with Crippen molar-refractivity contribution in [2.45, 2.75) is 77.5 Å². The molecule has 1 aliphatic carbocycles. The van der Waals surface area contributed by atoms with Gasteiger partial charge < -0.3 is 4.98 Å². The van der Waals surface area contributed by atoms with E-state index >= 15 is 0 Å². The van der Waals surface area contributed by atoms with Crippen molar-refractivity contribution in [3.05, 3.63) is 87.2 Å². The number of H-pyrrole nitrogens is 1. The molecule has 1 saturated carbocycles. The molecule has 0 saturated heterocycles. The van der Waals surface area contributed by atoms with Crippen LogP contribution >= 0.6 is 0 Å². The van der Waals surface area contributed by atoms with Crippen LogP contribution in [0.2, 0.25) is 0 Å². The molecule has 2 heterocycles. The minimum atomic E-state index is -0.264. The molecule has 0 radical (unpaired) electrons. The van der Waals surface area contributed by atoms with E-state index < -0.39 is 0 Å². The molecule has 0 spiro atoms. The van der Waals surface area contributed by atoms with E-state index in [0.717, 1.165) is 47.1 Å². The number of nitrogens with zero attached hydrogens (tertiary/aromatic N) is 5. The fourth-order valence-corrected chi connectivity index (χ4v) is 5.48. The average molecular weight is 489 g/mol. The highest BCUT2D eigenvalue weighted by molar-refractivity contribution is 5.81. The number of pyridine rings is 1. The van der Waals surface area contributed by atoms with Gasteiger partial charge in [0, 0.05) is 18.7 Å². The number of fused-ring (bicyclic) bond motifs is 1. The van der Waals surface area contributed by atoms with Gasteiger partial charge in [0.1, 0.15) is 5.82 Å². The zero-order valence-electron chi connectivity index (χ0n) is 21.0. The van der Waals surface area contributed by atoms with E-state index in [2.05, 4.69) is 32.3 Å². The Morgan fingerprint density at radius 1 is 1.11 bits per heavy atom. The number of nitrogens with one attached hydrogen (secondary N) is 1. The maximum atomic E-state index is 13.6. The number of halogens is 1. The lowest BCUT2D eigenvalue weighted by molar-refractivity contribution is 0.155. The van der Waals surface area contributed by atoms with Crippen LogP contribution < -0.4 is 5.56 Å². The molecule has 4 aromatic rings. The number of hydrogen-bond donors (Lipinski definition) is 1. The van der Waals surface area contributed by atoms with Gasteiger partial charge in [-0.05, 0) is 71.3 Å². The van der Waals surface area contributed by atoms with Crippen LogP contribution in [0.25, 0.3) is 10.9 Å². The number of aryl methyl sites for hydroxylation is 1. The lowest BCUT2D eigenvalue weighted by Crippen LogP contribution is -2.33. The van der Waals surface area contributed by atoms with Gasteiger partial charge in [0.2, 0.25) is 0 Å². The fraction of sp³-hybridized carbons (Fsp3) is 0.429. The summed E-state index contributed by atoms with van der Waals surface area (Å²) in [7, 11) is 0. The van der Waals surface area contributed by atoms with Crippen LogP contribution in [-0.4, -0.2) is 30.1 Å². The first-order chi connectivity index (χ1) is 17.5. The number of rotatable bonds is 8. The van der Waals surface area contributed by atoms with Crippen molar-refractivity contribution in [3.63, 3.8) is 0 Å². The normalized spacial score (nSPS) is 15.6. The van der Waals surface area contributed by atoms with Crippen LogP contribution in [0.5, 0.6) is 0 Å². The quantitative estimate of drug-likeness (QED) is 0.348. The Balaban J connectivity index is 1.53. The Morgan fingerprint density at radius 2 is 1.89 bits per heavy atom. The minimum Gasteiger partial charge on any atom is -0.321 e. The highest BCUT2D eigenvalue weighted by atomic mass is 19.1. The van der Waals surface area contributed by atoms with Crippen molar-refractivity contribution in [3.8, 4) is 0 Å². The molecule has 1 aliphatic rings. The number of para-hydroxylation sites is 1. The molecule has 188 valence electrons. The lowest BCUT2D eigenvalue weighted by atomic mass is 9.95. The summed E-state index contributed by atoms with van der Waals surface area (Å²) in [5, 5.41) is 13.9. The summed E-state index contributed by atoms with van der Waals surface area (Å²) in [4.78, 5) is 18.5. The van der Waals surface area contributed by atoms with Gasteiger partial charge in [-0.15, -0.1) is 5.10 Å². The smallest absolute Gasteiger partial charge is 0.252 e. The summed E-state index contributed by atoms with van der Waals surface area (Å²) in [5.74, 6) is 0.569. The summed E-state index contributed by atoms with van der Waals surface area (Å²) in [6.45, 7) is 5.08. The van der Waals surface area contributed by atoms with E-state index in [4.69, 9.17) is 0 Å². The van der Waals surface area contributed by atoms with Crippen LogP contribution in [0, 0.1) is 12.7 Å². The maximum absolute atomic E-state index is 13.6. The predicted molar refractivity (Wildman–Crippen MR) is 138 cm³/mol. The van der Waals surface area contributed by atoms with E-state index in [1.807, 2.05) is 35.9 Å². The number of tetrazole rings is 1. The number of hydrogen-bond acceptors (Lipinski definition) is 5. The van der Waals surface area contributed by atoms with Gasteiger partial charge in [0.15, 0.2) is 5.82 Å². The molecule has 1 N–H and O–H groups in total. The zero-order valence-corrected chi connectivity index (χ0v) is 21.0. The van der Waals surface area contributed by atoms with Crippen molar-refractivity contribution in [2.24, 2.45) is 0 Å². The molecule has 36 heavy (non-hydrogen) atoms. The van der Waals surface area contributed by atoms with Gasteiger partial charge in [-0.2, -0.15) is 0 Å². The first-order valence-corrected chi connectivity index (χ1v) is 12.9. The molecule has 0 bridgehead atoms. The SMILES string of the molecule is CC[C@H](c1nnnn1C1CCCCC1)N(Cc1ccc(F)cc1)Cc1cc2cccc(C)c2[nH]c1=O. The standard InChI is InChI=1S/C28H33FN6O/c1-3-25(27-31-32-33-35(27)24-10-5-4-6-11-24)34(17-20-12-14-23(29)15-13-20)18-22-16-21-9-7-8-19(2)26(21)30-28(22)36/h7-9,12-16,24-25H,3-6,10-11,17-18H2,1-2H3,(H,30,36)/t25-/m1/s1. The zero-order chi connectivity index (χ0) is 25.1. The van der Waals surface area contributed by atoms with Crippen LogP contribution in [0.3, 0.4) is 0 Å². The highest BCUT2D eigenvalue weighted by Gasteiger charge is 2.29. The fourth-order valence-electron chi connectivity index (χ4n) is 5.48.